The molecule has 2 unspecified atom stereocenters. The zero-order valence-corrected chi connectivity index (χ0v) is 11.3. The van der Waals surface area contributed by atoms with E-state index in [1.165, 1.54) is 42.3 Å². The predicted octanol–water partition coefficient (Wildman–Crippen LogP) is 4.84. The van der Waals surface area contributed by atoms with Gasteiger partial charge in [0.05, 0.1) is 5.52 Å². The van der Waals surface area contributed by atoms with Gasteiger partial charge in [0.2, 0.25) is 0 Å². The zero-order chi connectivity index (χ0) is 12.5. The van der Waals surface area contributed by atoms with Gasteiger partial charge in [0.15, 0.2) is 0 Å². The van der Waals surface area contributed by atoms with Gasteiger partial charge in [-0.2, -0.15) is 0 Å². The first kappa shape index (κ1) is 11.7. The minimum Gasteiger partial charge on any atom is -0.253 e. The molecule has 0 aliphatic heterocycles. The largest absolute Gasteiger partial charge is 0.253 e. The topological polar surface area (TPSA) is 12.9 Å². The molecule has 0 saturated heterocycles. The molecular formula is C17H21N. The lowest BCUT2D eigenvalue weighted by molar-refractivity contribution is 0.329. The number of rotatable bonds is 1. The first-order valence-electron chi connectivity index (χ1n) is 7.12. The lowest BCUT2D eigenvalue weighted by Gasteiger charge is -2.30. The molecule has 0 N–H and O–H groups in total. The van der Waals surface area contributed by atoms with Gasteiger partial charge in [0, 0.05) is 11.1 Å². The number of hydrogen-bond acceptors (Lipinski definition) is 1. The lowest BCUT2D eigenvalue weighted by atomic mass is 9.76. The molecule has 1 heteroatoms. The van der Waals surface area contributed by atoms with E-state index in [9.17, 15) is 0 Å². The minimum absolute atomic E-state index is 0.718. The van der Waals surface area contributed by atoms with Crippen molar-refractivity contribution in [1.29, 1.82) is 0 Å². The van der Waals surface area contributed by atoms with E-state index in [0.717, 1.165) is 17.4 Å². The summed E-state index contributed by atoms with van der Waals surface area (Å²) >= 11 is 0. The summed E-state index contributed by atoms with van der Waals surface area (Å²) in [4.78, 5) is 4.79. The van der Waals surface area contributed by atoms with E-state index in [0.29, 0.717) is 0 Å². The normalized spacial score (nSPS) is 24.3. The Balaban J connectivity index is 2.07. The molecule has 1 fully saturated rings. The third-order valence-electron chi connectivity index (χ3n) is 4.46. The highest BCUT2D eigenvalue weighted by atomic mass is 14.7. The third-order valence-corrected chi connectivity index (χ3v) is 4.46. The summed E-state index contributed by atoms with van der Waals surface area (Å²) < 4.78 is 0. The van der Waals surface area contributed by atoms with Crippen molar-refractivity contribution >= 4 is 10.9 Å². The fraction of sp³-hybridized carbons (Fsp3) is 0.471. The Morgan fingerprint density at radius 3 is 2.72 bits per heavy atom. The van der Waals surface area contributed by atoms with Crippen LogP contribution in [-0.2, 0) is 0 Å². The highest BCUT2D eigenvalue weighted by molar-refractivity contribution is 5.79. The van der Waals surface area contributed by atoms with E-state index in [4.69, 9.17) is 4.98 Å². The zero-order valence-electron chi connectivity index (χ0n) is 11.3. The van der Waals surface area contributed by atoms with Gasteiger partial charge < -0.3 is 0 Å². The summed E-state index contributed by atoms with van der Waals surface area (Å²) in [5.41, 5.74) is 3.84. The monoisotopic (exact) mass is 239 g/mol. The maximum atomic E-state index is 4.79. The minimum atomic E-state index is 0.718. The van der Waals surface area contributed by atoms with Gasteiger partial charge in [-0.3, -0.25) is 4.98 Å². The van der Waals surface area contributed by atoms with E-state index in [-0.39, 0.29) is 0 Å². The molecule has 3 rings (SSSR count). The molecule has 1 aliphatic rings. The number of para-hydroxylation sites is 1. The molecule has 1 aromatic heterocycles. The quantitative estimate of drug-likeness (QED) is 0.694. The van der Waals surface area contributed by atoms with Crippen LogP contribution in [0.4, 0.5) is 0 Å². The average Bonchev–Trinajstić information content (AvgIpc) is 2.39. The molecule has 18 heavy (non-hydrogen) atoms. The van der Waals surface area contributed by atoms with Crippen LogP contribution in [0.25, 0.3) is 10.9 Å². The van der Waals surface area contributed by atoms with E-state index in [2.05, 4.69) is 44.2 Å². The standard InChI is InChI=1S/C17H21N/c1-12-7-3-5-9-15(12)16-11-14-8-4-6-10-17(14)18-13(16)2/h4,6,8,10-12,15H,3,5,7,9H2,1-2H3. The van der Waals surface area contributed by atoms with Crippen LogP contribution < -0.4 is 0 Å². The maximum absolute atomic E-state index is 4.79. The third kappa shape index (κ3) is 2.03. The molecule has 0 amide bonds. The molecule has 1 nitrogen and oxygen atoms in total. The molecule has 1 aliphatic carbocycles. The van der Waals surface area contributed by atoms with Gasteiger partial charge >= 0.3 is 0 Å². The maximum Gasteiger partial charge on any atom is 0.0705 e. The molecule has 0 spiro atoms. The van der Waals surface area contributed by atoms with Crippen molar-refractivity contribution in [1.82, 2.24) is 4.98 Å². The molecule has 0 bridgehead atoms. The summed E-state index contributed by atoms with van der Waals surface area (Å²) in [6.07, 6.45) is 5.48. The number of nitrogens with zero attached hydrogens (tertiary/aromatic N) is 1. The smallest absolute Gasteiger partial charge is 0.0705 e. The molecule has 94 valence electrons. The molecule has 0 radical (unpaired) electrons. The van der Waals surface area contributed by atoms with Gasteiger partial charge in [0.25, 0.3) is 0 Å². The number of hydrogen-bond donors (Lipinski definition) is 0. The van der Waals surface area contributed by atoms with E-state index < -0.39 is 0 Å². The second-order valence-electron chi connectivity index (χ2n) is 5.72. The van der Waals surface area contributed by atoms with E-state index in [1.54, 1.807) is 0 Å². The van der Waals surface area contributed by atoms with Crippen molar-refractivity contribution in [2.45, 2.75) is 45.4 Å². The number of benzene rings is 1. The van der Waals surface area contributed by atoms with Crippen LogP contribution in [0, 0.1) is 12.8 Å². The number of aryl methyl sites for hydroxylation is 1. The molecule has 1 aromatic carbocycles. The lowest BCUT2D eigenvalue weighted by Crippen LogP contribution is -2.16. The van der Waals surface area contributed by atoms with Crippen LogP contribution in [0.3, 0.4) is 0 Å². The summed E-state index contributed by atoms with van der Waals surface area (Å²) in [7, 11) is 0. The van der Waals surface area contributed by atoms with Crippen LogP contribution in [0.5, 0.6) is 0 Å². The SMILES string of the molecule is Cc1nc2ccccc2cc1C1CCCCC1C. The highest BCUT2D eigenvalue weighted by Crippen LogP contribution is 2.39. The van der Waals surface area contributed by atoms with Crippen LogP contribution in [-0.4, -0.2) is 4.98 Å². The number of pyridine rings is 1. The Morgan fingerprint density at radius 1 is 1.11 bits per heavy atom. The number of aromatic nitrogens is 1. The molecular weight excluding hydrogens is 218 g/mol. The van der Waals surface area contributed by atoms with Gasteiger partial charge in [-0.25, -0.2) is 0 Å². The Bertz CT molecular complexity index is 559. The van der Waals surface area contributed by atoms with Crippen molar-refractivity contribution < 1.29 is 0 Å². The van der Waals surface area contributed by atoms with Crippen LogP contribution in [0.1, 0.15) is 49.8 Å². The molecule has 2 aromatic rings. The Kier molecular flexibility index (Phi) is 3.07. The van der Waals surface area contributed by atoms with Gasteiger partial charge in [-0.15, -0.1) is 0 Å². The summed E-state index contributed by atoms with van der Waals surface area (Å²) in [5, 5.41) is 1.29. The van der Waals surface area contributed by atoms with E-state index >= 15 is 0 Å². The van der Waals surface area contributed by atoms with E-state index in [1.807, 2.05) is 0 Å². The van der Waals surface area contributed by atoms with Crippen molar-refractivity contribution in [3.63, 3.8) is 0 Å². The fourth-order valence-electron chi connectivity index (χ4n) is 3.38. The molecule has 1 saturated carbocycles. The second kappa shape index (κ2) is 4.72. The fourth-order valence-corrected chi connectivity index (χ4v) is 3.38. The van der Waals surface area contributed by atoms with Gasteiger partial charge in [0.1, 0.15) is 0 Å². The van der Waals surface area contributed by atoms with Crippen LogP contribution >= 0.6 is 0 Å². The number of fused-ring (bicyclic) bond motifs is 1. The predicted molar refractivity (Wildman–Crippen MR) is 76.9 cm³/mol. The van der Waals surface area contributed by atoms with Crippen LogP contribution in [0.2, 0.25) is 0 Å². The second-order valence-corrected chi connectivity index (χ2v) is 5.72. The molecule has 2 atom stereocenters. The Hall–Kier alpha value is -1.37. The Labute approximate surface area is 109 Å². The summed E-state index contributed by atoms with van der Waals surface area (Å²) in [6.45, 7) is 4.57. The first-order chi connectivity index (χ1) is 8.75. The van der Waals surface area contributed by atoms with Gasteiger partial charge in [-0.1, -0.05) is 44.4 Å². The summed E-state index contributed by atoms with van der Waals surface area (Å²) in [6, 6.07) is 10.8. The van der Waals surface area contributed by atoms with Crippen molar-refractivity contribution in [3.8, 4) is 0 Å². The molecule has 1 heterocycles. The highest BCUT2D eigenvalue weighted by Gasteiger charge is 2.24. The van der Waals surface area contributed by atoms with Crippen molar-refractivity contribution in [2.24, 2.45) is 5.92 Å². The first-order valence-corrected chi connectivity index (χ1v) is 7.12. The summed E-state index contributed by atoms with van der Waals surface area (Å²) in [5.74, 6) is 1.52. The van der Waals surface area contributed by atoms with Crippen molar-refractivity contribution in [3.05, 3.63) is 41.6 Å². The Morgan fingerprint density at radius 2 is 1.89 bits per heavy atom. The van der Waals surface area contributed by atoms with Crippen molar-refractivity contribution in [2.75, 3.05) is 0 Å². The average molecular weight is 239 g/mol. The van der Waals surface area contributed by atoms with Gasteiger partial charge in [-0.05, 0) is 42.9 Å². The van der Waals surface area contributed by atoms with Crippen LogP contribution in [0.15, 0.2) is 30.3 Å².